The van der Waals surface area contributed by atoms with Crippen molar-refractivity contribution in [1.82, 2.24) is 5.32 Å². The van der Waals surface area contributed by atoms with Crippen LogP contribution in [0.25, 0.3) is 0 Å². The number of carboxylic acid groups (broad SMARTS) is 1. The Bertz CT molecular complexity index is 237. The summed E-state index contributed by atoms with van der Waals surface area (Å²) in [5, 5.41) is 18.5. The van der Waals surface area contributed by atoms with Crippen LogP contribution in [0.3, 0.4) is 0 Å². The average Bonchev–Trinajstić information content (AvgIpc) is 2.16. The van der Waals surface area contributed by atoms with Crippen molar-refractivity contribution in [3.8, 4) is 0 Å². The van der Waals surface area contributed by atoms with Crippen molar-refractivity contribution in [2.75, 3.05) is 13.1 Å². The van der Waals surface area contributed by atoms with Crippen LogP contribution in [0.4, 0.5) is 0 Å². The number of carbonyl (C=O) groups is 1. The van der Waals surface area contributed by atoms with Crippen LogP contribution in [0.2, 0.25) is 0 Å². The molecule has 0 unspecified atom stereocenters. The third-order valence-corrected chi connectivity index (χ3v) is 1.99. The maximum Gasteiger partial charge on any atom is 0.323 e. The van der Waals surface area contributed by atoms with E-state index >= 15 is 0 Å². The number of carboxylic acids is 1. The Kier molecular flexibility index (Phi) is 6.57. The van der Waals surface area contributed by atoms with Crippen LogP contribution in [-0.4, -0.2) is 35.9 Å². The quantitative estimate of drug-likeness (QED) is 0.266. The first kappa shape index (κ1) is 13.8. The van der Waals surface area contributed by atoms with Crippen LogP contribution < -0.4 is 11.1 Å². The monoisotopic (exact) mass is 213 g/mol. The summed E-state index contributed by atoms with van der Waals surface area (Å²) in [7, 11) is 0. The van der Waals surface area contributed by atoms with Gasteiger partial charge in [0.05, 0.1) is 0 Å². The molecule has 0 bridgehead atoms. The van der Waals surface area contributed by atoms with Gasteiger partial charge in [-0.1, -0.05) is 12.2 Å². The number of nitrogens with two attached hydrogens (primary N) is 1. The Hall–Kier alpha value is -1.20. The maximum atomic E-state index is 10.6. The van der Waals surface area contributed by atoms with E-state index in [1.54, 1.807) is 0 Å². The normalized spacial score (nSPS) is 15.1. The fraction of sp³-hybridized carbons (Fsp3) is 0.600. The predicted molar refractivity (Wildman–Crippen MR) is 60.3 cm³/mol. The smallest absolute Gasteiger partial charge is 0.323 e. The van der Waals surface area contributed by atoms with Gasteiger partial charge in [-0.25, -0.2) is 0 Å². The first-order chi connectivity index (χ1) is 7.00. The standard InChI is InChI=1S/C10H19N3O2/c1-10(12,9(14)15)5-3-2-4-7-13-8-6-11/h2,4,6,11,13H,3,5,7-8,12H2,1H3,(H,14,15)/b4-2-,11-6?/t10-/m1/s1. The molecule has 86 valence electrons. The molecule has 0 spiro atoms. The lowest BCUT2D eigenvalue weighted by molar-refractivity contribution is -0.142. The van der Waals surface area contributed by atoms with E-state index in [2.05, 4.69) is 5.32 Å². The largest absolute Gasteiger partial charge is 0.480 e. The molecule has 1 atom stereocenters. The van der Waals surface area contributed by atoms with Crippen molar-refractivity contribution in [3.63, 3.8) is 0 Å². The minimum Gasteiger partial charge on any atom is -0.480 e. The highest BCUT2D eigenvalue weighted by molar-refractivity contribution is 5.77. The maximum absolute atomic E-state index is 10.6. The molecule has 0 saturated heterocycles. The van der Waals surface area contributed by atoms with Crippen molar-refractivity contribution in [2.24, 2.45) is 5.73 Å². The third kappa shape index (κ3) is 6.82. The SMILES string of the molecule is C[C@@](N)(CC/C=C\CNCC=N)C(=O)O. The molecule has 0 aliphatic rings. The minimum atomic E-state index is -1.15. The number of hydrogen-bond donors (Lipinski definition) is 4. The summed E-state index contributed by atoms with van der Waals surface area (Å²) in [6.45, 7) is 2.74. The van der Waals surface area contributed by atoms with Gasteiger partial charge in [-0.2, -0.15) is 0 Å². The fourth-order valence-corrected chi connectivity index (χ4v) is 0.930. The number of allylic oxidation sites excluding steroid dienone is 1. The Labute approximate surface area is 89.9 Å². The first-order valence-electron chi connectivity index (χ1n) is 4.87. The van der Waals surface area contributed by atoms with Gasteiger partial charge in [-0.05, 0) is 19.8 Å². The molecular formula is C10H19N3O2. The van der Waals surface area contributed by atoms with E-state index in [0.29, 0.717) is 25.9 Å². The Morgan fingerprint density at radius 2 is 2.20 bits per heavy atom. The molecular weight excluding hydrogens is 194 g/mol. The first-order valence-corrected chi connectivity index (χ1v) is 4.87. The second kappa shape index (κ2) is 7.14. The van der Waals surface area contributed by atoms with Crippen LogP contribution in [0.15, 0.2) is 12.2 Å². The van der Waals surface area contributed by atoms with Crippen molar-refractivity contribution in [2.45, 2.75) is 25.3 Å². The zero-order valence-electron chi connectivity index (χ0n) is 8.99. The summed E-state index contributed by atoms with van der Waals surface area (Å²) in [4.78, 5) is 10.6. The number of aliphatic carboxylic acids is 1. The van der Waals surface area contributed by atoms with Gasteiger partial charge in [0.25, 0.3) is 0 Å². The van der Waals surface area contributed by atoms with E-state index in [4.69, 9.17) is 16.2 Å². The summed E-state index contributed by atoms with van der Waals surface area (Å²) in [5.74, 6) is -0.974. The van der Waals surface area contributed by atoms with Gasteiger partial charge in [-0.15, -0.1) is 0 Å². The van der Waals surface area contributed by atoms with Crippen LogP contribution in [0.5, 0.6) is 0 Å². The van der Waals surface area contributed by atoms with E-state index in [0.717, 1.165) is 0 Å². The lowest BCUT2D eigenvalue weighted by atomic mass is 9.97. The molecule has 0 fully saturated rings. The Balaban J connectivity index is 3.60. The molecule has 15 heavy (non-hydrogen) atoms. The van der Waals surface area contributed by atoms with Gasteiger partial charge >= 0.3 is 5.97 Å². The van der Waals surface area contributed by atoms with Crippen LogP contribution >= 0.6 is 0 Å². The molecule has 0 heterocycles. The van der Waals surface area contributed by atoms with E-state index in [1.165, 1.54) is 13.1 Å². The van der Waals surface area contributed by atoms with Gasteiger partial charge in [0.1, 0.15) is 5.54 Å². The third-order valence-electron chi connectivity index (χ3n) is 1.99. The highest BCUT2D eigenvalue weighted by atomic mass is 16.4. The highest BCUT2D eigenvalue weighted by Gasteiger charge is 2.26. The van der Waals surface area contributed by atoms with Crippen LogP contribution in [0, 0.1) is 5.41 Å². The lowest BCUT2D eigenvalue weighted by Gasteiger charge is -2.17. The second-order valence-electron chi connectivity index (χ2n) is 3.60. The van der Waals surface area contributed by atoms with E-state index in [9.17, 15) is 4.79 Å². The molecule has 0 aliphatic carbocycles. The van der Waals surface area contributed by atoms with E-state index < -0.39 is 11.5 Å². The highest BCUT2D eigenvalue weighted by Crippen LogP contribution is 2.08. The molecule has 0 rings (SSSR count). The molecule has 5 nitrogen and oxygen atoms in total. The van der Waals surface area contributed by atoms with Crippen molar-refractivity contribution >= 4 is 12.2 Å². The zero-order chi connectivity index (χ0) is 11.7. The summed E-state index contributed by atoms with van der Waals surface area (Å²) in [6.07, 6.45) is 6.15. The predicted octanol–water partition coefficient (Wildman–Crippen LogP) is 0.364. The summed E-state index contributed by atoms with van der Waals surface area (Å²) in [6, 6.07) is 0. The van der Waals surface area contributed by atoms with E-state index in [1.807, 2.05) is 12.2 Å². The molecule has 0 amide bonds. The fourth-order valence-electron chi connectivity index (χ4n) is 0.930. The Morgan fingerprint density at radius 3 is 2.73 bits per heavy atom. The molecule has 0 aromatic carbocycles. The average molecular weight is 213 g/mol. The van der Waals surface area contributed by atoms with Gasteiger partial charge in [0, 0.05) is 19.3 Å². The molecule has 5 heteroatoms. The van der Waals surface area contributed by atoms with Gasteiger partial charge < -0.3 is 21.6 Å². The van der Waals surface area contributed by atoms with Gasteiger partial charge in [0.15, 0.2) is 0 Å². The second-order valence-corrected chi connectivity index (χ2v) is 3.60. The van der Waals surface area contributed by atoms with Gasteiger partial charge in [-0.3, -0.25) is 4.79 Å². The molecule has 0 aromatic heterocycles. The van der Waals surface area contributed by atoms with Crippen molar-refractivity contribution < 1.29 is 9.90 Å². The molecule has 0 aliphatic heterocycles. The topological polar surface area (TPSA) is 99.2 Å². The number of hydrogen-bond acceptors (Lipinski definition) is 4. The Morgan fingerprint density at radius 1 is 1.53 bits per heavy atom. The minimum absolute atomic E-state index is 0.420. The molecule has 0 aromatic rings. The van der Waals surface area contributed by atoms with Gasteiger partial charge in [0.2, 0.25) is 0 Å². The molecule has 5 N–H and O–H groups in total. The van der Waals surface area contributed by atoms with E-state index in [-0.39, 0.29) is 0 Å². The van der Waals surface area contributed by atoms with Crippen molar-refractivity contribution in [3.05, 3.63) is 12.2 Å². The zero-order valence-corrected chi connectivity index (χ0v) is 8.99. The summed E-state index contributed by atoms with van der Waals surface area (Å²) < 4.78 is 0. The number of nitrogens with one attached hydrogen (secondary N) is 2. The summed E-state index contributed by atoms with van der Waals surface area (Å²) >= 11 is 0. The molecule has 0 saturated carbocycles. The number of rotatable bonds is 8. The van der Waals surface area contributed by atoms with Crippen LogP contribution in [-0.2, 0) is 4.79 Å². The van der Waals surface area contributed by atoms with Crippen LogP contribution in [0.1, 0.15) is 19.8 Å². The summed E-state index contributed by atoms with van der Waals surface area (Å²) in [5.41, 5.74) is 4.40. The lowest BCUT2D eigenvalue weighted by Crippen LogP contribution is -2.44. The molecule has 0 radical (unpaired) electrons. The van der Waals surface area contributed by atoms with Crippen molar-refractivity contribution in [1.29, 1.82) is 5.41 Å².